The zero-order valence-corrected chi connectivity index (χ0v) is 19.8. The van der Waals surface area contributed by atoms with Crippen LogP contribution in [-0.2, 0) is 16.1 Å². The summed E-state index contributed by atoms with van der Waals surface area (Å²) in [5.41, 5.74) is 3.26. The first-order valence-corrected chi connectivity index (χ1v) is 11.8. The number of nitrogens with one attached hydrogen (secondary N) is 2. The van der Waals surface area contributed by atoms with Crippen LogP contribution >= 0.6 is 11.3 Å². The molecule has 8 nitrogen and oxygen atoms in total. The minimum absolute atomic E-state index is 0.000433. The highest BCUT2D eigenvalue weighted by Crippen LogP contribution is 2.39. The van der Waals surface area contributed by atoms with Crippen molar-refractivity contribution in [2.75, 3.05) is 43.6 Å². The maximum atomic E-state index is 12.8. The van der Waals surface area contributed by atoms with Crippen molar-refractivity contribution in [1.82, 2.24) is 10.3 Å². The Hall–Kier alpha value is -3.17. The number of nitrogens with zero attached hydrogens (tertiary/aromatic N) is 2. The third-order valence-electron chi connectivity index (χ3n) is 5.49. The quantitative estimate of drug-likeness (QED) is 0.550. The van der Waals surface area contributed by atoms with Gasteiger partial charge < -0.3 is 19.7 Å². The first-order chi connectivity index (χ1) is 16.0. The molecular formula is C24H28N4O4S. The molecule has 0 spiro atoms. The number of thiazole rings is 1. The predicted octanol–water partition coefficient (Wildman–Crippen LogP) is 3.67. The van der Waals surface area contributed by atoms with E-state index in [4.69, 9.17) is 9.47 Å². The summed E-state index contributed by atoms with van der Waals surface area (Å²) >= 11 is 1.43. The van der Waals surface area contributed by atoms with Crippen LogP contribution in [0.15, 0.2) is 36.4 Å². The normalized spacial score (nSPS) is 13.9. The topological polar surface area (TPSA) is 92.8 Å². The number of amides is 2. The zero-order chi connectivity index (χ0) is 23.4. The summed E-state index contributed by atoms with van der Waals surface area (Å²) < 4.78 is 11.9. The van der Waals surface area contributed by atoms with Gasteiger partial charge in [0, 0.05) is 31.1 Å². The van der Waals surface area contributed by atoms with E-state index in [2.05, 4.69) is 20.5 Å². The van der Waals surface area contributed by atoms with E-state index in [0.717, 1.165) is 34.6 Å². The second kappa shape index (κ2) is 10.2. The van der Waals surface area contributed by atoms with Crippen LogP contribution in [0, 0.1) is 5.92 Å². The first kappa shape index (κ1) is 23.0. The van der Waals surface area contributed by atoms with E-state index >= 15 is 0 Å². The minimum Gasteiger partial charge on any atom is -0.494 e. The highest BCUT2D eigenvalue weighted by molar-refractivity contribution is 7.23. The third kappa shape index (κ3) is 5.26. The van der Waals surface area contributed by atoms with Gasteiger partial charge in [-0.05, 0) is 29.8 Å². The summed E-state index contributed by atoms with van der Waals surface area (Å²) in [4.78, 5) is 31.5. The van der Waals surface area contributed by atoms with Crippen molar-refractivity contribution in [3.8, 4) is 5.75 Å². The maximum absolute atomic E-state index is 12.8. The van der Waals surface area contributed by atoms with Gasteiger partial charge in [0.25, 0.3) is 5.91 Å². The standard InChI is InChI=1S/C24H28N4O4S/c1-15(2)22(29)25-14-16-4-6-17(7-5-16)23(30)27-24-26-20-19(31-3)9-8-18(21(20)33-24)28-10-12-32-13-11-28/h4-9,15H,10-14H2,1-3H3,(H,25,29)(H,26,27,30). The summed E-state index contributed by atoms with van der Waals surface area (Å²) in [6.45, 7) is 7.13. The molecule has 0 unspecified atom stereocenters. The van der Waals surface area contributed by atoms with E-state index in [0.29, 0.717) is 36.2 Å². The lowest BCUT2D eigenvalue weighted by Gasteiger charge is -2.29. The van der Waals surface area contributed by atoms with Crippen LogP contribution in [0.1, 0.15) is 29.8 Å². The van der Waals surface area contributed by atoms with Crippen molar-refractivity contribution in [2.45, 2.75) is 20.4 Å². The lowest BCUT2D eigenvalue weighted by atomic mass is 10.1. The third-order valence-corrected chi connectivity index (χ3v) is 6.48. The van der Waals surface area contributed by atoms with E-state index < -0.39 is 0 Å². The van der Waals surface area contributed by atoms with Gasteiger partial charge in [-0.3, -0.25) is 14.9 Å². The molecule has 1 aromatic heterocycles. The monoisotopic (exact) mass is 468 g/mol. The molecule has 1 aliphatic rings. The van der Waals surface area contributed by atoms with Gasteiger partial charge in [-0.2, -0.15) is 0 Å². The fourth-order valence-electron chi connectivity index (χ4n) is 3.58. The Morgan fingerprint density at radius 1 is 1.15 bits per heavy atom. The number of fused-ring (bicyclic) bond motifs is 1. The van der Waals surface area contributed by atoms with Crippen LogP contribution in [0.25, 0.3) is 10.2 Å². The predicted molar refractivity (Wildman–Crippen MR) is 130 cm³/mol. The van der Waals surface area contributed by atoms with Crippen LogP contribution in [0.2, 0.25) is 0 Å². The molecule has 0 radical (unpaired) electrons. The number of hydrogen-bond donors (Lipinski definition) is 2. The van der Waals surface area contributed by atoms with Gasteiger partial charge in [-0.25, -0.2) is 4.98 Å². The number of hydrogen-bond acceptors (Lipinski definition) is 7. The van der Waals surface area contributed by atoms with Gasteiger partial charge >= 0.3 is 0 Å². The molecule has 4 rings (SSSR count). The molecule has 0 aliphatic carbocycles. The molecule has 2 heterocycles. The van der Waals surface area contributed by atoms with Gasteiger partial charge in [-0.15, -0.1) is 0 Å². The molecule has 2 amide bonds. The lowest BCUT2D eigenvalue weighted by molar-refractivity contribution is -0.124. The molecule has 9 heteroatoms. The van der Waals surface area contributed by atoms with Gasteiger partial charge in [0.2, 0.25) is 5.91 Å². The molecule has 1 saturated heterocycles. The number of benzene rings is 2. The molecule has 0 saturated carbocycles. The Bertz CT molecular complexity index is 1140. The van der Waals surface area contributed by atoms with Crippen molar-refractivity contribution in [3.05, 3.63) is 47.5 Å². The molecule has 2 N–H and O–H groups in total. The van der Waals surface area contributed by atoms with Crippen molar-refractivity contribution >= 4 is 44.2 Å². The van der Waals surface area contributed by atoms with Crippen molar-refractivity contribution < 1.29 is 19.1 Å². The van der Waals surface area contributed by atoms with Crippen molar-refractivity contribution in [3.63, 3.8) is 0 Å². The zero-order valence-electron chi connectivity index (χ0n) is 19.0. The fourth-order valence-corrected chi connectivity index (χ4v) is 4.60. The highest BCUT2D eigenvalue weighted by atomic mass is 32.1. The number of methoxy groups -OCH3 is 1. The van der Waals surface area contributed by atoms with Crippen LogP contribution in [0.3, 0.4) is 0 Å². The first-order valence-electron chi connectivity index (χ1n) is 10.9. The number of carbonyl (C=O) groups is 2. The maximum Gasteiger partial charge on any atom is 0.257 e. The molecule has 174 valence electrons. The molecule has 1 aliphatic heterocycles. The summed E-state index contributed by atoms with van der Waals surface area (Å²) in [5.74, 6) is 0.371. The summed E-state index contributed by atoms with van der Waals surface area (Å²) in [6, 6.07) is 11.1. The molecule has 1 fully saturated rings. The van der Waals surface area contributed by atoms with E-state index in [9.17, 15) is 9.59 Å². The second-order valence-electron chi connectivity index (χ2n) is 8.11. The molecule has 33 heavy (non-hydrogen) atoms. The number of rotatable bonds is 7. The van der Waals surface area contributed by atoms with Crippen LogP contribution in [-0.4, -0.2) is 50.2 Å². The fraction of sp³-hybridized carbons (Fsp3) is 0.375. The number of ether oxygens (including phenoxy) is 2. The SMILES string of the molecule is COc1ccc(N2CCOCC2)c2sc(NC(=O)c3ccc(CNC(=O)C(C)C)cc3)nc12. The van der Waals surface area contributed by atoms with E-state index in [1.54, 1.807) is 19.2 Å². The number of anilines is 2. The average molecular weight is 469 g/mol. The second-order valence-corrected chi connectivity index (χ2v) is 9.11. The smallest absolute Gasteiger partial charge is 0.257 e. The van der Waals surface area contributed by atoms with Crippen molar-refractivity contribution in [1.29, 1.82) is 0 Å². The molecule has 0 bridgehead atoms. The number of morpholine rings is 1. The van der Waals surface area contributed by atoms with E-state index in [-0.39, 0.29) is 17.7 Å². The Kier molecular flexibility index (Phi) is 7.10. The molecule has 2 aromatic carbocycles. The summed E-state index contributed by atoms with van der Waals surface area (Å²) in [7, 11) is 1.62. The highest BCUT2D eigenvalue weighted by Gasteiger charge is 2.20. The van der Waals surface area contributed by atoms with Crippen LogP contribution in [0.4, 0.5) is 10.8 Å². The number of aromatic nitrogens is 1. The van der Waals surface area contributed by atoms with Crippen LogP contribution in [0.5, 0.6) is 5.75 Å². The Labute approximate surface area is 196 Å². The largest absolute Gasteiger partial charge is 0.494 e. The average Bonchev–Trinajstić information content (AvgIpc) is 3.26. The van der Waals surface area contributed by atoms with Crippen LogP contribution < -0.4 is 20.3 Å². The Morgan fingerprint density at radius 3 is 2.55 bits per heavy atom. The summed E-state index contributed by atoms with van der Waals surface area (Å²) in [6.07, 6.45) is 0. The Balaban J connectivity index is 1.50. The molecule has 0 atom stereocenters. The summed E-state index contributed by atoms with van der Waals surface area (Å²) in [5, 5.41) is 6.30. The van der Waals surface area contributed by atoms with Crippen molar-refractivity contribution in [2.24, 2.45) is 5.92 Å². The van der Waals surface area contributed by atoms with Gasteiger partial charge in [-0.1, -0.05) is 37.3 Å². The minimum atomic E-state index is -0.237. The van der Waals surface area contributed by atoms with E-state index in [1.165, 1.54) is 11.3 Å². The molecule has 3 aromatic rings. The van der Waals surface area contributed by atoms with Gasteiger partial charge in [0.05, 0.1) is 30.7 Å². The van der Waals surface area contributed by atoms with E-state index in [1.807, 2.05) is 38.1 Å². The molecular weight excluding hydrogens is 440 g/mol. The number of carbonyl (C=O) groups excluding carboxylic acids is 2. The van der Waals surface area contributed by atoms with Gasteiger partial charge in [0.1, 0.15) is 11.3 Å². The van der Waals surface area contributed by atoms with Gasteiger partial charge in [0.15, 0.2) is 5.13 Å². The lowest BCUT2D eigenvalue weighted by Crippen LogP contribution is -2.36. The Morgan fingerprint density at radius 2 is 1.88 bits per heavy atom.